The van der Waals surface area contributed by atoms with Crippen molar-refractivity contribution >= 4 is 87.2 Å². The maximum atomic E-state index is 2.54. The minimum atomic E-state index is 1.10. The van der Waals surface area contributed by atoms with Gasteiger partial charge in [0.25, 0.3) is 0 Å². The van der Waals surface area contributed by atoms with E-state index >= 15 is 0 Å². The zero-order valence-electron chi connectivity index (χ0n) is 54.6. The third-order valence-corrected chi connectivity index (χ3v) is 20.8. The summed E-state index contributed by atoms with van der Waals surface area (Å²) in [4.78, 5) is 0. The molecule has 0 saturated carbocycles. The summed E-state index contributed by atoms with van der Waals surface area (Å²) in [6.45, 7) is 0. The Kier molecular flexibility index (Phi) is 13.2. The van der Waals surface area contributed by atoms with Gasteiger partial charge in [0.15, 0.2) is 0 Å². The topological polar surface area (TPSA) is 19.7 Å². The van der Waals surface area contributed by atoms with E-state index in [2.05, 4.69) is 394 Å². The highest BCUT2D eigenvalue weighted by Crippen LogP contribution is 2.46. The largest absolute Gasteiger partial charge is 0.309 e. The molecule has 0 unspecified atom stereocenters. The van der Waals surface area contributed by atoms with Crippen LogP contribution in [0.5, 0.6) is 0 Å². The monoisotopic (exact) mass is 1270 g/mol. The summed E-state index contributed by atoms with van der Waals surface area (Å²) < 4.78 is 9.93. The number of hydrogen-bond acceptors (Lipinski definition) is 0. The van der Waals surface area contributed by atoms with E-state index in [0.29, 0.717) is 0 Å². The van der Waals surface area contributed by atoms with Crippen molar-refractivity contribution < 1.29 is 0 Å². The van der Waals surface area contributed by atoms with Crippen LogP contribution in [0.15, 0.2) is 376 Å². The third kappa shape index (κ3) is 9.30. The number of rotatable bonds is 11. The highest BCUT2D eigenvalue weighted by atomic mass is 15.0. The molecule has 20 aromatic rings. The molecule has 4 nitrogen and oxygen atoms in total. The van der Waals surface area contributed by atoms with Crippen LogP contribution < -0.4 is 0 Å². The normalized spacial score (nSPS) is 11.8. The van der Waals surface area contributed by atoms with Crippen LogP contribution in [0.3, 0.4) is 0 Å². The van der Waals surface area contributed by atoms with Crippen LogP contribution in [-0.4, -0.2) is 18.3 Å². The standard InChI is InChI=1S/C96H62N4/c1-4-20-63(21-5-1)66-38-42-70(43-39-66)75-59-76(62-80(61-75)100-88-35-15-11-31-82(88)84-55-57-92-94(96(84)100)86-33-13-17-37-90(86)98(92)77-50-46-68(47-51-77)64-22-6-2-7-23-64)71-44-40-67(41-45-71)69-48-52-78(53-49-69)97-89-36-16-12-32-85(89)93-91(97)56-54-83-81-30-10-14-34-87(81)99(95(83)93)79-29-19-28-74(60-79)73-27-18-26-72(58-73)65-24-8-3-9-25-65/h1-62H. The van der Waals surface area contributed by atoms with E-state index in [0.717, 1.165) is 72.7 Å². The van der Waals surface area contributed by atoms with Gasteiger partial charge >= 0.3 is 0 Å². The van der Waals surface area contributed by atoms with E-state index in [1.54, 1.807) is 0 Å². The van der Waals surface area contributed by atoms with E-state index in [4.69, 9.17) is 0 Å². The molecule has 0 atom stereocenters. The van der Waals surface area contributed by atoms with E-state index in [1.165, 1.54) is 115 Å². The van der Waals surface area contributed by atoms with Gasteiger partial charge in [-0.2, -0.15) is 0 Å². The molecule has 100 heavy (non-hydrogen) atoms. The van der Waals surface area contributed by atoms with Crippen molar-refractivity contribution in [1.82, 2.24) is 18.3 Å². The highest BCUT2D eigenvalue weighted by Gasteiger charge is 2.24. The Morgan fingerprint density at radius 3 is 0.840 bits per heavy atom. The van der Waals surface area contributed by atoms with Crippen LogP contribution >= 0.6 is 0 Å². The van der Waals surface area contributed by atoms with E-state index in [9.17, 15) is 0 Å². The van der Waals surface area contributed by atoms with Gasteiger partial charge in [-0.3, -0.25) is 0 Å². The molecule has 466 valence electrons. The lowest BCUT2D eigenvalue weighted by Crippen LogP contribution is -1.97. The molecule has 4 aromatic heterocycles. The van der Waals surface area contributed by atoms with Gasteiger partial charge in [0.2, 0.25) is 0 Å². The molecular formula is C96H62N4. The van der Waals surface area contributed by atoms with Crippen molar-refractivity contribution in [3.8, 4) is 101 Å². The first-order chi connectivity index (χ1) is 49.6. The first-order valence-corrected chi connectivity index (χ1v) is 34.5. The first kappa shape index (κ1) is 57.0. The van der Waals surface area contributed by atoms with Gasteiger partial charge in [0.05, 0.1) is 44.1 Å². The molecule has 0 N–H and O–H groups in total. The van der Waals surface area contributed by atoms with Crippen LogP contribution in [0.2, 0.25) is 0 Å². The molecule has 16 aromatic carbocycles. The van der Waals surface area contributed by atoms with Crippen LogP contribution in [-0.2, 0) is 0 Å². The number of nitrogens with zero attached hydrogens (tertiary/aromatic N) is 4. The van der Waals surface area contributed by atoms with Gasteiger partial charge in [0, 0.05) is 65.8 Å². The molecule has 0 aliphatic rings. The number of fused-ring (bicyclic) bond motifs is 14. The van der Waals surface area contributed by atoms with Gasteiger partial charge in [-0.05, 0) is 175 Å². The van der Waals surface area contributed by atoms with Crippen LogP contribution in [0.1, 0.15) is 0 Å². The Bertz CT molecular complexity index is 6570. The summed E-state index contributed by atoms with van der Waals surface area (Å²) in [7, 11) is 0. The Balaban J connectivity index is 0.696. The van der Waals surface area contributed by atoms with Crippen molar-refractivity contribution in [1.29, 1.82) is 0 Å². The van der Waals surface area contributed by atoms with Crippen LogP contribution in [0, 0.1) is 0 Å². The lowest BCUT2D eigenvalue weighted by molar-refractivity contribution is 1.17. The van der Waals surface area contributed by atoms with Crippen molar-refractivity contribution in [2.75, 3.05) is 0 Å². The minimum Gasteiger partial charge on any atom is -0.309 e. The van der Waals surface area contributed by atoms with Gasteiger partial charge in [-0.1, -0.05) is 279 Å². The molecule has 0 amide bonds. The third-order valence-electron chi connectivity index (χ3n) is 20.8. The first-order valence-electron chi connectivity index (χ1n) is 34.5. The number of hydrogen-bond donors (Lipinski definition) is 0. The summed E-state index contributed by atoms with van der Waals surface area (Å²) in [6, 6.07) is 139. The second-order valence-electron chi connectivity index (χ2n) is 26.4. The van der Waals surface area contributed by atoms with Gasteiger partial charge in [0.1, 0.15) is 0 Å². The van der Waals surface area contributed by atoms with Gasteiger partial charge in [-0.15, -0.1) is 0 Å². The average molecular weight is 1270 g/mol. The second kappa shape index (κ2) is 23.2. The van der Waals surface area contributed by atoms with Crippen molar-refractivity contribution in [3.63, 3.8) is 0 Å². The highest BCUT2D eigenvalue weighted by molar-refractivity contribution is 6.28. The Morgan fingerprint density at radius 1 is 0.130 bits per heavy atom. The molecule has 0 aliphatic carbocycles. The molecule has 0 radical (unpaired) electrons. The molecule has 4 heterocycles. The molecular weight excluding hydrogens is 1210 g/mol. The smallest absolute Gasteiger partial charge is 0.0641 e. The Morgan fingerprint density at radius 2 is 0.410 bits per heavy atom. The zero-order chi connectivity index (χ0) is 65.8. The summed E-state index contributed by atoms with van der Waals surface area (Å²) in [5, 5.41) is 9.80. The molecule has 0 spiro atoms. The number of benzene rings is 16. The number of para-hydroxylation sites is 4. The lowest BCUT2D eigenvalue weighted by Gasteiger charge is -2.15. The van der Waals surface area contributed by atoms with Crippen LogP contribution in [0.4, 0.5) is 0 Å². The van der Waals surface area contributed by atoms with Gasteiger partial charge < -0.3 is 18.3 Å². The summed E-state index contributed by atoms with van der Waals surface area (Å²) in [5.41, 5.74) is 30.3. The molecule has 0 saturated heterocycles. The van der Waals surface area contributed by atoms with Crippen LogP contribution in [0.25, 0.3) is 188 Å². The predicted octanol–water partition coefficient (Wildman–Crippen LogP) is 25.7. The Hall–Kier alpha value is -13.3. The summed E-state index contributed by atoms with van der Waals surface area (Å²) in [6.07, 6.45) is 0. The predicted molar refractivity (Wildman–Crippen MR) is 422 cm³/mol. The van der Waals surface area contributed by atoms with Crippen molar-refractivity contribution in [2.24, 2.45) is 0 Å². The molecule has 20 rings (SSSR count). The minimum absolute atomic E-state index is 1.10. The fourth-order valence-electron chi connectivity index (χ4n) is 16.1. The van der Waals surface area contributed by atoms with Gasteiger partial charge in [-0.25, -0.2) is 0 Å². The van der Waals surface area contributed by atoms with E-state index in [1.807, 2.05) is 0 Å². The molecule has 4 heteroatoms. The second-order valence-corrected chi connectivity index (χ2v) is 26.4. The van der Waals surface area contributed by atoms with Crippen molar-refractivity contribution in [2.45, 2.75) is 0 Å². The maximum absolute atomic E-state index is 2.54. The molecule has 0 aliphatic heterocycles. The quantitative estimate of drug-likeness (QED) is 0.123. The molecule has 0 fully saturated rings. The zero-order valence-corrected chi connectivity index (χ0v) is 54.6. The maximum Gasteiger partial charge on any atom is 0.0641 e. The van der Waals surface area contributed by atoms with E-state index < -0.39 is 0 Å². The van der Waals surface area contributed by atoms with E-state index in [-0.39, 0.29) is 0 Å². The Labute approximate surface area is 578 Å². The summed E-state index contributed by atoms with van der Waals surface area (Å²) >= 11 is 0. The average Bonchev–Trinajstić information content (AvgIpc) is 1.55. The lowest BCUT2D eigenvalue weighted by atomic mass is 9.95. The van der Waals surface area contributed by atoms with Crippen molar-refractivity contribution in [3.05, 3.63) is 376 Å². The SMILES string of the molecule is c1ccc(-c2ccc(-c3cc(-c4ccc(-c5ccc(-n6c7ccccc7c7c6ccc6c8ccccc8n(-c8cccc(-c9cccc(-c%10ccccc%10)c9)c8)c67)cc5)cc4)cc(-n4c5ccccc5c5ccc6c(c7ccccc7n6-c6ccc(-c7ccccc7)cc6)c54)c3)cc2)cc1. The number of aromatic nitrogens is 4. The summed E-state index contributed by atoms with van der Waals surface area (Å²) in [5.74, 6) is 0. The fourth-order valence-corrected chi connectivity index (χ4v) is 16.1. The fraction of sp³-hybridized carbons (Fsp3) is 0. The molecule has 0 bridgehead atoms.